The maximum absolute atomic E-state index is 13.1. The van der Waals surface area contributed by atoms with Crippen LogP contribution >= 0.6 is 0 Å². The van der Waals surface area contributed by atoms with Crippen LogP contribution in [-0.4, -0.2) is 41.2 Å². The van der Waals surface area contributed by atoms with Crippen molar-refractivity contribution >= 4 is 11.8 Å². The molecule has 1 saturated heterocycles. The van der Waals surface area contributed by atoms with Gasteiger partial charge in [0.05, 0.1) is 5.92 Å². The maximum atomic E-state index is 13.1. The Hall–Kier alpha value is -2.10. The van der Waals surface area contributed by atoms with Gasteiger partial charge in [-0.2, -0.15) is 0 Å². The van der Waals surface area contributed by atoms with E-state index in [1.807, 2.05) is 47.1 Å². The fourth-order valence-electron chi connectivity index (χ4n) is 3.57. The lowest BCUT2D eigenvalue weighted by molar-refractivity contribution is -0.141. The zero-order valence-electron chi connectivity index (χ0n) is 15.1. The van der Waals surface area contributed by atoms with Crippen molar-refractivity contribution in [2.75, 3.05) is 19.6 Å². The number of hydrogen-bond acceptors (Lipinski definition) is 2. The Bertz CT molecular complexity index is 637. The van der Waals surface area contributed by atoms with Gasteiger partial charge in [0.25, 0.3) is 0 Å². The van der Waals surface area contributed by atoms with Crippen molar-refractivity contribution in [2.45, 2.75) is 39.2 Å². The second-order valence-electron chi connectivity index (χ2n) is 7.53. The summed E-state index contributed by atoms with van der Waals surface area (Å²) in [5.74, 6) is 0.552. The number of rotatable bonds is 6. The van der Waals surface area contributed by atoms with Crippen LogP contribution in [0.15, 0.2) is 42.5 Å². The summed E-state index contributed by atoms with van der Waals surface area (Å²) in [4.78, 5) is 29.3. The predicted octanol–water partition coefficient (Wildman–Crippen LogP) is 3.24. The highest BCUT2D eigenvalue weighted by Crippen LogP contribution is 2.32. The molecular weight excluding hydrogens is 312 g/mol. The molecule has 1 aromatic rings. The molecule has 1 aliphatic carbocycles. The fraction of sp³-hybridized carbons (Fsp3) is 0.524. The number of carbonyl (C=O) groups excluding carboxylic acids is 2. The number of amides is 2. The molecule has 1 atom stereocenters. The van der Waals surface area contributed by atoms with Crippen LogP contribution < -0.4 is 0 Å². The van der Waals surface area contributed by atoms with Gasteiger partial charge in [0.15, 0.2) is 0 Å². The summed E-state index contributed by atoms with van der Waals surface area (Å²) < 4.78 is 0. The standard InChI is InChI=1S/C21H28N2O2/c1-16(2)13-23(14-17-7-4-3-5-8-17)21(25)19-9-6-12-22(15-19)20(24)18-10-11-18/h3-5,7-8,18-19H,1,6,9-15H2,2H3/t19-/m0/s1. The highest BCUT2D eigenvalue weighted by molar-refractivity contribution is 5.83. The monoisotopic (exact) mass is 340 g/mol. The Balaban J connectivity index is 1.67. The fourth-order valence-corrected chi connectivity index (χ4v) is 3.57. The Morgan fingerprint density at radius 3 is 2.52 bits per heavy atom. The lowest BCUT2D eigenvalue weighted by Gasteiger charge is -2.35. The van der Waals surface area contributed by atoms with Crippen molar-refractivity contribution < 1.29 is 9.59 Å². The normalized spacial score (nSPS) is 20.2. The topological polar surface area (TPSA) is 40.6 Å². The Morgan fingerprint density at radius 1 is 1.16 bits per heavy atom. The lowest BCUT2D eigenvalue weighted by Crippen LogP contribution is -2.47. The van der Waals surface area contributed by atoms with Crippen LogP contribution in [0.25, 0.3) is 0 Å². The SMILES string of the molecule is C=C(C)CN(Cc1ccccc1)C(=O)[C@H]1CCCN(C(=O)C2CC2)C1. The van der Waals surface area contributed by atoms with E-state index in [0.717, 1.165) is 43.4 Å². The predicted molar refractivity (Wildman–Crippen MR) is 98.7 cm³/mol. The molecule has 1 saturated carbocycles. The van der Waals surface area contributed by atoms with Gasteiger partial charge in [-0.05, 0) is 38.2 Å². The third-order valence-corrected chi connectivity index (χ3v) is 5.00. The van der Waals surface area contributed by atoms with Crippen molar-refractivity contribution in [1.82, 2.24) is 9.80 Å². The minimum atomic E-state index is -0.0838. The molecule has 3 rings (SSSR count). The summed E-state index contributed by atoms with van der Waals surface area (Å²) >= 11 is 0. The second-order valence-corrected chi connectivity index (χ2v) is 7.53. The molecule has 0 N–H and O–H groups in total. The first-order chi connectivity index (χ1) is 12.0. The molecule has 0 bridgehead atoms. The number of nitrogens with zero attached hydrogens (tertiary/aromatic N) is 2. The van der Waals surface area contributed by atoms with Gasteiger partial charge in [0.1, 0.15) is 0 Å². The van der Waals surface area contributed by atoms with Crippen LogP contribution in [0, 0.1) is 11.8 Å². The van der Waals surface area contributed by atoms with E-state index in [0.29, 0.717) is 19.6 Å². The minimum absolute atomic E-state index is 0.0838. The molecule has 25 heavy (non-hydrogen) atoms. The van der Waals surface area contributed by atoms with Crippen LogP contribution in [0.4, 0.5) is 0 Å². The molecule has 0 spiro atoms. The zero-order valence-corrected chi connectivity index (χ0v) is 15.1. The lowest BCUT2D eigenvalue weighted by atomic mass is 9.95. The minimum Gasteiger partial charge on any atom is -0.342 e. The van der Waals surface area contributed by atoms with Crippen molar-refractivity contribution in [1.29, 1.82) is 0 Å². The van der Waals surface area contributed by atoms with Crippen molar-refractivity contribution in [3.8, 4) is 0 Å². The molecule has 0 aromatic heterocycles. The number of carbonyl (C=O) groups is 2. The van der Waals surface area contributed by atoms with E-state index >= 15 is 0 Å². The van der Waals surface area contributed by atoms with Crippen molar-refractivity contribution in [3.05, 3.63) is 48.0 Å². The van der Waals surface area contributed by atoms with Crippen LogP contribution in [0.2, 0.25) is 0 Å². The van der Waals surface area contributed by atoms with Gasteiger partial charge in [-0.3, -0.25) is 9.59 Å². The molecule has 4 nitrogen and oxygen atoms in total. The van der Waals surface area contributed by atoms with E-state index in [2.05, 4.69) is 6.58 Å². The highest BCUT2D eigenvalue weighted by Gasteiger charge is 2.37. The summed E-state index contributed by atoms with van der Waals surface area (Å²) in [5.41, 5.74) is 2.10. The third kappa shape index (κ3) is 4.71. The molecule has 0 radical (unpaired) electrons. The van der Waals surface area contributed by atoms with E-state index in [9.17, 15) is 9.59 Å². The molecule has 1 aliphatic heterocycles. The van der Waals surface area contributed by atoms with Crippen LogP contribution in [0.5, 0.6) is 0 Å². The summed E-state index contributed by atoms with van der Waals surface area (Å²) in [6.07, 6.45) is 3.82. The zero-order chi connectivity index (χ0) is 17.8. The summed E-state index contributed by atoms with van der Waals surface area (Å²) in [7, 11) is 0. The quantitative estimate of drug-likeness (QED) is 0.746. The van der Waals surface area contributed by atoms with Gasteiger partial charge >= 0.3 is 0 Å². The molecule has 2 fully saturated rings. The van der Waals surface area contributed by atoms with Gasteiger partial charge in [-0.25, -0.2) is 0 Å². The first-order valence-corrected chi connectivity index (χ1v) is 9.30. The molecule has 134 valence electrons. The molecule has 1 aromatic carbocycles. The molecular formula is C21H28N2O2. The first kappa shape index (κ1) is 17.7. The van der Waals surface area contributed by atoms with Crippen LogP contribution in [-0.2, 0) is 16.1 Å². The molecule has 2 amide bonds. The Labute approximate surface area is 150 Å². The summed E-state index contributed by atoms with van der Waals surface area (Å²) in [5, 5.41) is 0. The molecule has 1 heterocycles. The van der Waals surface area contributed by atoms with E-state index in [4.69, 9.17) is 0 Å². The van der Waals surface area contributed by atoms with E-state index in [1.165, 1.54) is 0 Å². The van der Waals surface area contributed by atoms with Gasteiger partial charge in [-0.15, -0.1) is 0 Å². The van der Waals surface area contributed by atoms with Crippen molar-refractivity contribution in [2.24, 2.45) is 11.8 Å². The molecule has 0 unspecified atom stereocenters. The largest absolute Gasteiger partial charge is 0.342 e. The Morgan fingerprint density at radius 2 is 1.88 bits per heavy atom. The van der Waals surface area contributed by atoms with Gasteiger partial charge in [-0.1, -0.05) is 42.5 Å². The van der Waals surface area contributed by atoms with Crippen LogP contribution in [0.3, 0.4) is 0 Å². The average Bonchev–Trinajstić information content (AvgIpc) is 3.45. The van der Waals surface area contributed by atoms with Gasteiger partial charge in [0, 0.05) is 32.1 Å². The smallest absolute Gasteiger partial charge is 0.228 e. The average molecular weight is 340 g/mol. The number of hydrogen-bond donors (Lipinski definition) is 0. The van der Waals surface area contributed by atoms with E-state index in [1.54, 1.807) is 0 Å². The van der Waals surface area contributed by atoms with E-state index < -0.39 is 0 Å². The Kier molecular flexibility index (Phi) is 5.57. The van der Waals surface area contributed by atoms with Gasteiger partial charge in [0.2, 0.25) is 11.8 Å². The summed E-state index contributed by atoms with van der Waals surface area (Å²) in [6, 6.07) is 10.1. The summed E-state index contributed by atoms with van der Waals surface area (Å²) in [6.45, 7) is 8.48. The third-order valence-electron chi connectivity index (χ3n) is 5.00. The maximum Gasteiger partial charge on any atom is 0.228 e. The number of benzene rings is 1. The highest BCUT2D eigenvalue weighted by atomic mass is 16.2. The van der Waals surface area contributed by atoms with Gasteiger partial charge < -0.3 is 9.80 Å². The van der Waals surface area contributed by atoms with Crippen molar-refractivity contribution in [3.63, 3.8) is 0 Å². The van der Waals surface area contributed by atoms with Crippen LogP contribution in [0.1, 0.15) is 38.2 Å². The molecule has 2 aliphatic rings. The first-order valence-electron chi connectivity index (χ1n) is 9.30. The number of likely N-dealkylation sites (tertiary alicyclic amines) is 1. The van der Waals surface area contributed by atoms with E-state index in [-0.39, 0.29) is 23.7 Å². The molecule has 4 heteroatoms. The number of piperidine rings is 1. The second kappa shape index (κ2) is 7.85.